The summed E-state index contributed by atoms with van der Waals surface area (Å²) in [6.45, 7) is 8.32. The van der Waals surface area contributed by atoms with Crippen LogP contribution in [0.15, 0.2) is 36.4 Å². The monoisotopic (exact) mass is 310 g/mol. The number of fused-ring (bicyclic) bond motifs is 1. The summed E-state index contributed by atoms with van der Waals surface area (Å²) in [6, 6.07) is 12.6. The van der Waals surface area contributed by atoms with Gasteiger partial charge in [0.15, 0.2) is 0 Å². The maximum Gasteiger partial charge on any atom is 0.494 e. The highest BCUT2D eigenvalue weighted by molar-refractivity contribution is 6.62. The SMILES string of the molecule is CC1(C)OB(c2ccc3cc(OC4CC4)ccc3c2)OC1(C)C. The molecule has 0 N–H and O–H groups in total. The summed E-state index contributed by atoms with van der Waals surface area (Å²) in [4.78, 5) is 0. The molecule has 0 amide bonds. The molecule has 0 aromatic heterocycles. The van der Waals surface area contributed by atoms with E-state index < -0.39 is 0 Å². The summed E-state index contributed by atoms with van der Waals surface area (Å²) in [5.41, 5.74) is 0.440. The van der Waals surface area contributed by atoms with Crippen LogP contribution in [0.5, 0.6) is 5.75 Å². The van der Waals surface area contributed by atoms with Gasteiger partial charge in [0.25, 0.3) is 0 Å². The van der Waals surface area contributed by atoms with E-state index >= 15 is 0 Å². The van der Waals surface area contributed by atoms with Crippen molar-refractivity contribution in [2.45, 2.75) is 57.8 Å². The molecule has 2 aliphatic rings. The maximum atomic E-state index is 6.14. The predicted octanol–water partition coefficient (Wildman–Crippen LogP) is 3.68. The van der Waals surface area contributed by atoms with Gasteiger partial charge in [-0.1, -0.05) is 24.3 Å². The van der Waals surface area contributed by atoms with Crippen molar-refractivity contribution in [3.8, 4) is 5.75 Å². The molecule has 0 atom stereocenters. The molecule has 0 radical (unpaired) electrons. The number of rotatable bonds is 3. The highest BCUT2D eigenvalue weighted by Gasteiger charge is 2.51. The zero-order chi connectivity index (χ0) is 16.2. The van der Waals surface area contributed by atoms with Gasteiger partial charge in [0.2, 0.25) is 0 Å². The molecule has 1 heterocycles. The molecule has 1 aliphatic carbocycles. The second kappa shape index (κ2) is 4.99. The van der Waals surface area contributed by atoms with Crippen LogP contribution in [0.25, 0.3) is 10.8 Å². The first-order valence-electron chi connectivity index (χ1n) is 8.40. The average Bonchev–Trinajstić information content (AvgIpc) is 3.25. The van der Waals surface area contributed by atoms with E-state index in [4.69, 9.17) is 14.0 Å². The Morgan fingerprint density at radius 3 is 2.17 bits per heavy atom. The van der Waals surface area contributed by atoms with E-state index in [1.165, 1.54) is 23.6 Å². The summed E-state index contributed by atoms with van der Waals surface area (Å²) in [7, 11) is -0.313. The lowest BCUT2D eigenvalue weighted by atomic mass is 9.78. The van der Waals surface area contributed by atoms with E-state index in [-0.39, 0.29) is 18.3 Å². The standard InChI is InChI=1S/C19H23BO3/c1-18(2)19(3,4)23-20(22-18)15-7-5-14-12-17(21-16-9-10-16)8-6-13(14)11-15/h5-8,11-12,16H,9-10H2,1-4H3. The van der Waals surface area contributed by atoms with Gasteiger partial charge in [0.05, 0.1) is 17.3 Å². The molecule has 1 saturated carbocycles. The molecule has 3 nitrogen and oxygen atoms in total. The fraction of sp³-hybridized carbons (Fsp3) is 0.474. The van der Waals surface area contributed by atoms with Crippen molar-refractivity contribution in [1.29, 1.82) is 0 Å². The van der Waals surface area contributed by atoms with Gasteiger partial charge in [-0.15, -0.1) is 0 Å². The van der Waals surface area contributed by atoms with Crippen molar-refractivity contribution in [1.82, 2.24) is 0 Å². The lowest BCUT2D eigenvalue weighted by Gasteiger charge is -2.32. The van der Waals surface area contributed by atoms with Gasteiger partial charge in [-0.25, -0.2) is 0 Å². The van der Waals surface area contributed by atoms with Gasteiger partial charge in [0.1, 0.15) is 5.75 Å². The van der Waals surface area contributed by atoms with Crippen molar-refractivity contribution in [2.75, 3.05) is 0 Å². The normalized spacial score (nSPS) is 22.5. The van der Waals surface area contributed by atoms with Crippen LogP contribution in [0.4, 0.5) is 0 Å². The highest BCUT2D eigenvalue weighted by Crippen LogP contribution is 2.36. The van der Waals surface area contributed by atoms with Crippen molar-refractivity contribution in [2.24, 2.45) is 0 Å². The van der Waals surface area contributed by atoms with Gasteiger partial charge >= 0.3 is 7.12 Å². The Balaban J connectivity index is 1.62. The van der Waals surface area contributed by atoms with Crippen molar-refractivity contribution in [3.63, 3.8) is 0 Å². The van der Waals surface area contributed by atoms with Crippen molar-refractivity contribution in [3.05, 3.63) is 36.4 Å². The van der Waals surface area contributed by atoms with Crippen LogP contribution in [-0.2, 0) is 9.31 Å². The third-order valence-electron chi connectivity index (χ3n) is 5.19. The van der Waals surface area contributed by atoms with Crippen LogP contribution in [0.1, 0.15) is 40.5 Å². The van der Waals surface area contributed by atoms with Crippen LogP contribution >= 0.6 is 0 Å². The zero-order valence-electron chi connectivity index (χ0n) is 14.3. The number of ether oxygens (including phenoxy) is 1. The molecular formula is C19H23BO3. The van der Waals surface area contributed by atoms with Crippen molar-refractivity contribution >= 4 is 23.4 Å². The van der Waals surface area contributed by atoms with Crippen LogP contribution < -0.4 is 10.2 Å². The summed E-state index contributed by atoms with van der Waals surface area (Å²) in [5, 5.41) is 2.36. The van der Waals surface area contributed by atoms with E-state index in [0.717, 1.165) is 11.2 Å². The largest absolute Gasteiger partial charge is 0.494 e. The highest BCUT2D eigenvalue weighted by atomic mass is 16.7. The van der Waals surface area contributed by atoms with Crippen molar-refractivity contribution < 1.29 is 14.0 Å². The molecular weight excluding hydrogens is 287 g/mol. The molecule has 4 heteroatoms. The minimum absolute atomic E-state index is 0.311. The quantitative estimate of drug-likeness (QED) is 0.810. The van der Waals surface area contributed by atoms with E-state index in [9.17, 15) is 0 Å². The molecule has 0 unspecified atom stereocenters. The first kappa shape index (κ1) is 15.0. The van der Waals surface area contributed by atoms with Gasteiger partial charge in [0, 0.05) is 0 Å². The Kier molecular flexibility index (Phi) is 3.26. The van der Waals surface area contributed by atoms with Crippen LogP contribution in [0.2, 0.25) is 0 Å². The molecule has 4 rings (SSSR count). The average molecular weight is 310 g/mol. The smallest absolute Gasteiger partial charge is 0.490 e. The predicted molar refractivity (Wildman–Crippen MR) is 93.3 cm³/mol. The topological polar surface area (TPSA) is 27.7 Å². The van der Waals surface area contributed by atoms with Gasteiger partial charge in [-0.2, -0.15) is 0 Å². The number of hydrogen-bond donors (Lipinski definition) is 0. The molecule has 2 aromatic rings. The lowest BCUT2D eigenvalue weighted by Crippen LogP contribution is -2.41. The summed E-state index contributed by atoms with van der Waals surface area (Å²) < 4.78 is 18.1. The maximum absolute atomic E-state index is 6.14. The summed E-state index contributed by atoms with van der Waals surface area (Å²) >= 11 is 0. The second-order valence-electron chi connectivity index (χ2n) is 7.67. The molecule has 0 bridgehead atoms. The Bertz CT molecular complexity index is 733. The minimum Gasteiger partial charge on any atom is -0.490 e. The molecule has 23 heavy (non-hydrogen) atoms. The van der Waals surface area contributed by atoms with Gasteiger partial charge in [-0.3, -0.25) is 0 Å². The fourth-order valence-electron chi connectivity index (χ4n) is 2.82. The van der Waals surface area contributed by atoms with Crippen LogP contribution in [0, 0.1) is 0 Å². The zero-order valence-corrected chi connectivity index (χ0v) is 14.3. The van der Waals surface area contributed by atoms with Gasteiger partial charge < -0.3 is 14.0 Å². The Morgan fingerprint density at radius 1 is 0.913 bits per heavy atom. The van der Waals surface area contributed by atoms with E-state index in [1.54, 1.807) is 0 Å². The first-order valence-corrected chi connectivity index (χ1v) is 8.40. The van der Waals surface area contributed by atoms with Crippen LogP contribution in [0.3, 0.4) is 0 Å². The summed E-state index contributed by atoms with van der Waals surface area (Å²) in [6.07, 6.45) is 2.79. The molecule has 2 fully saturated rings. The Labute approximate surface area is 138 Å². The Morgan fingerprint density at radius 2 is 1.52 bits per heavy atom. The number of benzene rings is 2. The molecule has 120 valence electrons. The number of hydrogen-bond acceptors (Lipinski definition) is 3. The second-order valence-corrected chi connectivity index (χ2v) is 7.67. The Hall–Kier alpha value is -1.52. The molecule has 2 aromatic carbocycles. The van der Waals surface area contributed by atoms with E-state index in [2.05, 4.69) is 64.1 Å². The third-order valence-corrected chi connectivity index (χ3v) is 5.19. The third kappa shape index (κ3) is 2.75. The van der Waals surface area contributed by atoms with Gasteiger partial charge in [-0.05, 0) is 68.9 Å². The van der Waals surface area contributed by atoms with Crippen LogP contribution in [-0.4, -0.2) is 24.4 Å². The summed E-state index contributed by atoms with van der Waals surface area (Å²) in [5.74, 6) is 0.961. The van der Waals surface area contributed by atoms with E-state index in [1.807, 2.05) is 0 Å². The molecule has 1 saturated heterocycles. The first-order chi connectivity index (χ1) is 10.8. The fourth-order valence-corrected chi connectivity index (χ4v) is 2.82. The lowest BCUT2D eigenvalue weighted by molar-refractivity contribution is 0.00578. The van der Waals surface area contributed by atoms with E-state index in [0.29, 0.717) is 6.10 Å². The minimum atomic E-state index is -0.313. The molecule has 0 spiro atoms. The molecule has 1 aliphatic heterocycles.